The van der Waals surface area contributed by atoms with Crippen LogP contribution in [0, 0.1) is 6.92 Å². The zero-order valence-corrected chi connectivity index (χ0v) is 9.90. The van der Waals surface area contributed by atoms with Crippen LogP contribution in [-0.2, 0) is 4.79 Å². The van der Waals surface area contributed by atoms with Crippen LogP contribution < -0.4 is 10.1 Å². The molecule has 1 unspecified atom stereocenters. The van der Waals surface area contributed by atoms with Crippen molar-refractivity contribution in [2.75, 3.05) is 6.54 Å². The summed E-state index contributed by atoms with van der Waals surface area (Å²) in [6.45, 7) is 2.50. The molecule has 1 aromatic rings. The number of rotatable bonds is 2. The van der Waals surface area contributed by atoms with Gasteiger partial charge in [-0.3, -0.25) is 4.79 Å². The van der Waals surface area contributed by atoms with Crippen LogP contribution in [0.2, 0.25) is 0 Å². The highest BCUT2D eigenvalue weighted by molar-refractivity contribution is 5.81. The molecule has 17 heavy (non-hydrogen) atoms. The van der Waals surface area contributed by atoms with Crippen molar-refractivity contribution in [2.24, 2.45) is 0 Å². The van der Waals surface area contributed by atoms with Crippen LogP contribution in [0.1, 0.15) is 24.8 Å². The molecule has 92 valence electrons. The Bertz CT molecular complexity index is 417. The molecule has 4 heteroatoms. The van der Waals surface area contributed by atoms with Crippen molar-refractivity contribution >= 4 is 5.91 Å². The number of carbonyl (C=O) groups excluding carboxylic acids is 1. The van der Waals surface area contributed by atoms with Gasteiger partial charge in [0.05, 0.1) is 0 Å². The molecule has 1 aliphatic rings. The highest BCUT2D eigenvalue weighted by Gasteiger charge is 2.23. The van der Waals surface area contributed by atoms with E-state index in [2.05, 4.69) is 5.32 Å². The molecule has 0 aromatic heterocycles. The molecular weight excluding hydrogens is 218 g/mol. The monoisotopic (exact) mass is 235 g/mol. The SMILES string of the molecule is Cc1c(O)cccc1OC1CCCCNC1=O. The van der Waals surface area contributed by atoms with Gasteiger partial charge >= 0.3 is 0 Å². The Morgan fingerprint density at radius 2 is 2.24 bits per heavy atom. The number of phenolic OH excluding ortho intramolecular Hbond substituents is 1. The van der Waals surface area contributed by atoms with E-state index in [1.807, 2.05) is 0 Å². The lowest BCUT2D eigenvalue weighted by Crippen LogP contribution is -2.36. The van der Waals surface area contributed by atoms with Gasteiger partial charge in [-0.25, -0.2) is 0 Å². The van der Waals surface area contributed by atoms with Crippen molar-refractivity contribution in [2.45, 2.75) is 32.3 Å². The van der Waals surface area contributed by atoms with Crippen molar-refractivity contribution in [1.82, 2.24) is 5.32 Å². The molecule has 4 nitrogen and oxygen atoms in total. The Morgan fingerprint density at radius 1 is 1.41 bits per heavy atom. The average molecular weight is 235 g/mol. The molecule has 1 heterocycles. The number of carbonyl (C=O) groups is 1. The summed E-state index contributed by atoms with van der Waals surface area (Å²) in [5.74, 6) is 0.703. The van der Waals surface area contributed by atoms with E-state index in [4.69, 9.17) is 4.74 Å². The van der Waals surface area contributed by atoms with Crippen molar-refractivity contribution in [3.05, 3.63) is 23.8 Å². The number of benzene rings is 1. The van der Waals surface area contributed by atoms with Crippen molar-refractivity contribution in [1.29, 1.82) is 0 Å². The number of hydrogen-bond acceptors (Lipinski definition) is 3. The van der Waals surface area contributed by atoms with Crippen LogP contribution in [0.25, 0.3) is 0 Å². The fourth-order valence-corrected chi connectivity index (χ4v) is 1.91. The molecule has 1 amide bonds. The molecule has 0 bridgehead atoms. The molecule has 0 saturated carbocycles. The fourth-order valence-electron chi connectivity index (χ4n) is 1.91. The van der Waals surface area contributed by atoms with Gasteiger partial charge in [-0.1, -0.05) is 6.07 Å². The Labute approximate surface area is 101 Å². The van der Waals surface area contributed by atoms with Crippen molar-refractivity contribution in [3.63, 3.8) is 0 Å². The lowest BCUT2D eigenvalue weighted by atomic mass is 10.1. The Hall–Kier alpha value is -1.71. The van der Waals surface area contributed by atoms with Gasteiger partial charge in [0.1, 0.15) is 11.5 Å². The van der Waals surface area contributed by atoms with Gasteiger partial charge in [-0.15, -0.1) is 0 Å². The maximum atomic E-state index is 11.7. The second-order valence-electron chi connectivity index (χ2n) is 4.29. The van der Waals surface area contributed by atoms with E-state index in [-0.39, 0.29) is 11.7 Å². The topological polar surface area (TPSA) is 58.6 Å². The first-order chi connectivity index (χ1) is 8.18. The predicted octanol–water partition coefficient (Wildman–Crippen LogP) is 1.75. The summed E-state index contributed by atoms with van der Waals surface area (Å²) in [7, 11) is 0. The summed E-state index contributed by atoms with van der Waals surface area (Å²) in [5.41, 5.74) is 0.671. The molecule has 2 N–H and O–H groups in total. The van der Waals surface area contributed by atoms with E-state index in [0.717, 1.165) is 25.8 Å². The van der Waals surface area contributed by atoms with Gasteiger partial charge < -0.3 is 15.2 Å². The Kier molecular flexibility index (Phi) is 3.52. The first-order valence-electron chi connectivity index (χ1n) is 5.91. The van der Waals surface area contributed by atoms with Gasteiger partial charge in [-0.05, 0) is 38.3 Å². The average Bonchev–Trinajstić information content (AvgIpc) is 2.51. The molecule has 1 aromatic carbocycles. The highest BCUT2D eigenvalue weighted by Crippen LogP contribution is 2.27. The van der Waals surface area contributed by atoms with E-state index in [1.165, 1.54) is 0 Å². The number of nitrogens with one attached hydrogen (secondary N) is 1. The standard InChI is InChI=1S/C13H17NO3/c1-9-10(15)5-4-7-11(9)17-12-6-2-3-8-14-13(12)16/h4-5,7,12,15H,2-3,6,8H2,1H3,(H,14,16). The minimum Gasteiger partial charge on any atom is -0.508 e. The van der Waals surface area contributed by atoms with E-state index < -0.39 is 6.10 Å². The molecule has 1 atom stereocenters. The van der Waals surface area contributed by atoms with E-state index in [0.29, 0.717) is 11.3 Å². The van der Waals surface area contributed by atoms with Crippen LogP contribution in [0.5, 0.6) is 11.5 Å². The van der Waals surface area contributed by atoms with Crippen LogP contribution >= 0.6 is 0 Å². The number of aromatic hydroxyl groups is 1. The minimum absolute atomic E-state index is 0.0646. The summed E-state index contributed by atoms with van der Waals surface area (Å²) in [6.07, 6.45) is 2.24. The van der Waals surface area contributed by atoms with E-state index >= 15 is 0 Å². The number of phenols is 1. The zero-order chi connectivity index (χ0) is 12.3. The van der Waals surface area contributed by atoms with Crippen LogP contribution in [0.3, 0.4) is 0 Å². The normalized spacial score (nSPS) is 20.5. The Balaban J connectivity index is 2.13. The van der Waals surface area contributed by atoms with Crippen molar-refractivity contribution < 1.29 is 14.6 Å². The lowest BCUT2D eigenvalue weighted by Gasteiger charge is -2.17. The maximum Gasteiger partial charge on any atom is 0.261 e. The van der Waals surface area contributed by atoms with Crippen LogP contribution in [-0.4, -0.2) is 23.7 Å². The van der Waals surface area contributed by atoms with Gasteiger partial charge in [-0.2, -0.15) is 0 Å². The third-order valence-electron chi connectivity index (χ3n) is 3.01. The largest absolute Gasteiger partial charge is 0.508 e. The first kappa shape index (κ1) is 11.8. The molecular formula is C13H17NO3. The quantitative estimate of drug-likeness (QED) is 0.821. The van der Waals surface area contributed by atoms with Gasteiger partial charge in [0.15, 0.2) is 6.10 Å². The van der Waals surface area contributed by atoms with Gasteiger partial charge in [0.2, 0.25) is 0 Å². The second kappa shape index (κ2) is 5.08. The maximum absolute atomic E-state index is 11.7. The number of ether oxygens (including phenoxy) is 1. The summed E-state index contributed by atoms with van der Waals surface area (Å²) >= 11 is 0. The van der Waals surface area contributed by atoms with Crippen LogP contribution in [0.4, 0.5) is 0 Å². The molecule has 0 spiro atoms. The first-order valence-corrected chi connectivity index (χ1v) is 5.91. The molecule has 1 saturated heterocycles. The van der Waals surface area contributed by atoms with Crippen LogP contribution in [0.15, 0.2) is 18.2 Å². The highest BCUT2D eigenvalue weighted by atomic mass is 16.5. The fraction of sp³-hybridized carbons (Fsp3) is 0.462. The molecule has 0 radical (unpaired) electrons. The summed E-state index contributed by atoms with van der Waals surface area (Å²) in [6, 6.07) is 5.09. The van der Waals surface area contributed by atoms with Crippen molar-refractivity contribution in [3.8, 4) is 11.5 Å². The third-order valence-corrected chi connectivity index (χ3v) is 3.01. The Morgan fingerprint density at radius 3 is 3.06 bits per heavy atom. The predicted molar refractivity (Wildman–Crippen MR) is 64.1 cm³/mol. The molecule has 1 aliphatic heterocycles. The third kappa shape index (κ3) is 2.70. The zero-order valence-electron chi connectivity index (χ0n) is 9.90. The van der Waals surface area contributed by atoms with E-state index in [9.17, 15) is 9.90 Å². The summed E-state index contributed by atoms with van der Waals surface area (Å²) in [5, 5.41) is 12.4. The molecule has 0 aliphatic carbocycles. The minimum atomic E-state index is -0.446. The number of amides is 1. The summed E-state index contributed by atoms with van der Waals surface area (Å²) in [4.78, 5) is 11.7. The smallest absolute Gasteiger partial charge is 0.261 e. The molecule has 1 fully saturated rings. The number of hydrogen-bond donors (Lipinski definition) is 2. The summed E-state index contributed by atoms with van der Waals surface area (Å²) < 4.78 is 5.69. The molecule has 2 rings (SSSR count). The lowest BCUT2D eigenvalue weighted by molar-refractivity contribution is -0.127. The van der Waals surface area contributed by atoms with Gasteiger partial charge in [0, 0.05) is 12.1 Å². The second-order valence-corrected chi connectivity index (χ2v) is 4.29. The van der Waals surface area contributed by atoms with Gasteiger partial charge in [0.25, 0.3) is 5.91 Å². The van der Waals surface area contributed by atoms with E-state index in [1.54, 1.807) is 25.1 Å².